The molecule has 0 amide bonds. The fraction of sp³-hybridized carbons (Fsp3) is 0.875. The van der Waals surface area contributed by atoms with E-state index in [2.05, 4.69) is 80.5 Å². The molecule has 3 rings (SSSR count). The molecule has 2 aliphatic rings. The van der Waals surface area contributed by atoms with Gasteiger partial charge in [0, 0.05) is 55.4 Å². The van der Waals surface area contributed by atoms with E-state index in [0.717, 1.165) is 25.7 Å². The molecule has 10 heteroatoms. The fourth-order valence-electron chi connectivity index (χ4n) is 6.09. The maximum Gasteiger partial charge on any atom is 0.231 e. The van der Waals surface area contributed by atoms with Gasteiger partial charge >= 0.3 is 0 Å². The first-order valence-electron chi connectivity index (χ1n) is 12.3. The molecular weight excluding hydrogens is 432 g/mol. The van der Waals surface area contributed by atoms with Crippen molar-refractivity contribution >= 4 is 17.8 Å². The topological polar surface area (TPSA) is 104 Å². The van der Waals surface area contributed by atoms with E-state index in [-0.39, 0.29) is 34.2 Å². The van der Waals surface area contributed by atoms with Crippen molar-refractivity contribution in [1.29, 1.82) is 0 Å². The Kier molecular flexibility index (Phi) is 6.89. The van der Waals surface area contributed by atoms with Crippen LogP contribution in [0.4, 0.5) is 17.8 Å². The van der Waals surface area contributed by atoms with Gasteiger partial charge < -0.3 is 25.5 Å². The normalized spacial score (nSPS) is 25.2. The van der Waals surface area contributed by atoms with Crippen LogP contribution in [-0.2, 0) is 0 Å². The number of hydrogen-bond donors (Lipinski definition) is 3. The van der Waals surface area contributed by atoms with Crippen molar-refractivity contribution in [2.24, 2.45) is 0 Å². The van der Waals surface area contributed by atoms with Gasteiger partial charge in [-0.2, -0.15) is 25.1 Å². The van der Waals surface area contributed by atoms with Crippen molar-refractivity contribution in [3.8, 4) is 0 Å². The molecular formula is C24H46N8O2. The molecule has 194 valence electrons. The van der Waals surface area contributed by atoms with Gasteiger partial charge in [0.15, 0.2) is 0 Å². The number of aromatic nitrogens is 3. The van der Waals surface area contributed by atoms with E-state index in [1.165, 1.54) is 10.1 Å². The second kappa shape index (κ2) is 8.72. The zero-order valence-corrected chi connectivity index (χ0v) is 23.0. The summed E-state index contributed by atoms with van der Waals surface area (Å²) in [5, 5.41) is 27.5. The van der Waals surface area contributed by atoms with Gasteiger partial charge in [0.25, 0.3) is 0 Å². The van der Waals surface area contributed by atoms with Crippen LogP contribution in [0.25, 0.3) is 0 Å². The summed E-state index contributed by atoms with van der Waals surface area (Å²) < 4.78 is 0. The Balaban J connectivity index is 1.92. The molecule has 0 bridgehead atoms. The lowest BCUT2D eigenvalue weighted by molar-refractivity contribution is -0.244. The highest BCUT2D eigenvalue weighted by molar-refractivity contribution is 5.46. The van der Waals surface area contributed by atoms with Crippen LogP contribution in [0, 0.1) is 0 Å². The Labute approximate surface area is 205 Å². The molecule has 10 nitrogen and oxygen atoms in total. The van der Waals surface area contributed by atoms with Gasteiger partial charge in [-0.1, -0.05) is 0 Å². The van der Waals surface area contributed by atoms with Crippen LogP contribution in [0.15, 0.2) is 0 Å². The van der Waals surface area contributed by atoms with Crippen LogP contribution in [-0.4, -0.2) is 90.9 Å². The second-order valence-corrected chi connectivity index (χ2v) is 12.7. The van der Waals surface area contributed by atoms with Crippen molar-refractivity contribution in [3.63, 3.8) is 0 Å². The molecule has 34 heavy (non-hydrogen) atoms. The van der Waals surface area contributed by atoms with Crippen LogP contribution in [0.5, 0.6) is 0 Å². The highest BCUT2D eigenvalue weighted by atomic mass is 16.5. The smallest absolute Gasteiger partial charge is 0.231 e. The molecule has 2 saturated heterocycles. The summed E-state index contributed by atoms with van der Waals surface area (Å²) >= 11 is 0. The Morgan fingerprint density at radius 3 is 1.24 bits per heavy atom. The van der Waals surface area contributed by atoms with Crippen LogP contribution in [0.3, 0.4) is 0 Å². The fourth-order valence-corrected chi connectivity index (χ4v) is 6.09. The Morgan fingerprint density at radius 2 is 0.971 bits per heavy atom. The van der Waals surface area contributed by atoms with Gasteiger partial charge in [-0.05, 0) is 81.1 Å². The van der Waals surface area contributed by atoms with Crippen LogP contribution < -0.4 is 15.1 Å². The van der Waals surface area contributed by atoms with Gasteiger partial charge in [0.1, 0.15) is 0 Å². The zero-order chi connectivity index (χ0) is 25.9. The summed E-state index contributed by atoms with van der Waals surface area (Å²) in [6, 6.07) is 0.323. The zero-order valence-electron chi connectivity index (χ0n) is 23.0. The van der Waals surface area contributed by atoms with Gasteiger partial charge in [-0.25, -0.2) is 0 Å². The van der Waals surface area contributed by atoms with Crippen molar-refractivity contribution in [2.45, 2.75) is 115 Å². The molecule has 1 aromatic heterocycles. The minimum Gasteiger partial charge on any atom is -0.357 e. The Morgan fingerprint density at radius 1 is 0.676 bits per heavy atom. The summed E-state index contributed by atoms with van der Waals surface area (Å²) in [4.78, 5) is 18.5. The maximum absolute atomic E-state index is 10.7. The molecule has 3 N–H and O–H groups in total. The number of nitrogens with zero attached hydrogens (tertiary/aromatic N) is 7. The summed E-state index contributed by atoms with van der Waals surface area (Å²) in [5.41, 5.74) is -1.47. The quantitative estimate of drug-likeness (QED) is 0.581. The van der Waals surface area contributed by atoms with Gasteiger partial charge in [-0.15, -0.1) is 0 Å². The van der Waals surface area contributed by atoms with Crippen LogP contribution in [0.2, 0.25) is 0 Å². The average Bonchev–Trinajstić information content (AvgIpc) is 2.73. The molecule has 1 aromatic rings. The van der Waals surface area contributed by atoms with E-state index in [9.17, 15) is 10.4 Å². The largest absolute Gasteiger partial charge is 0.357 e. The first-order valence-corrected chi connectivity index (χ1v) is 12.3. The molecule has 2 fully saturated rings. The monoisotopic (exact) mass is 478 g/mol. The highest BCUT2D eigenvalue weighted by Crippen LogP contribution is 2.41. The summed E-state index contributed by atoms with van der Waals surface area (Å²) in [6.07, 6.45) is 3.14. The highest BCUT2D eigenvalue weighted by Gasteiger charge is 2.48. The second-order valence-electron chi connectivity index (χ2n) is 12.7. The van der Waals surface area contributed by atoms with E-state index in [4.69, 9.17) is 4.98 Å². The van der Waals surface area contributed by atoms with Gasteiger partial charge in [-0.3, -0.25) is 0 Å². The molecule has 2 aliphatic heterocycles. The van der Waals surface area contributed by atoms with E-state index >= 15 is 0 Å². The summed E-state index contributed by atoms with van der Waals surface area (Å²) in [5.74, 6) is 1.75. The third-order valence-corrected chi connectivity index (χ3v) is 7.80. The minimum absolute atomic E-state index is 0.161. The number of rotatable bonds is 5. The summed E-state index contributed by atoms with van der Waals surface area (Å²) in [6.45, 7) is 16.5. The van der Waals surface area contributed by atoms with E-state index in [1.54, 1.807) is 0 Å². The molecule has 0 unspecified atom stereocenters. The SMILES string of the molecule is CNc1nc(N(C)C2CC(C)(C)N(O)C(C)(C)C2)nc(N(C)C2CC(C)(C)N(O)C(C)(C)C2)n1. The van der Waals surface area contributed by atoms with Crippen molar-refractivity contribution < 1.29 is 10.4 Å². The minimum atomic E-state index is -0.366. The number of hydroxylamine groups is 4. The lowest BCUT2D eigenvalue weighted by atomic mass is 9.78. The van der Waals surface area contributed by atoms with Crippen molar-refractivity contribution in [1.82, 2.24) is 25.1 Å². The molecule has 0 saturated carbocycles. The van der Waals surface area contributed by atoms with E-state index in [0.29, 0.717) is 17.8 Å². The lowest BCUT2D eigenvalue weighted by Crippen LogP contribution is -2.63. The first kappa shape index (κ1) is 26.8. The van der Waals surface area contributed by atoms with E-state index < -0.39 is 0 Å². The molecule has 0 aliphatic carbocycles. The third-order valence-electron chi connectivity index (χ3n) is 7.80. The molecule has 3 heterocycles. The lowest BCUT2D eigenvalue weighted by Gasteiger charge is -2.53. The van der Waals surface area contributed by atoms with Crippen LogP contribution >= 0.6 is 0 Å². The maximum atomic E-state index is 10.7. The number of hydrogen-bond acceptors (Lipinski definition) is 10. The number of nitrogens with one attached hydrogen (secondary N) is 1. The summed E-state index contributed by atoms with van der Waals surface area (Å²) in [7, 11) is 5.87. The van der Waals surface area contributed by atoms with Gasteiger partial charge in [0.05, 0.1) is 0 Å². The molecule has 0 spiro atoms. The molecule has 0 radical (unpaired) electrons. The number of piperidine rings is 2. The van der Waals surface area contributed by atoms with Crippen molar-refractivity contribution in [3.05, 3.63) is 0 Å². The molecule has 0 atom stereocenters. The average molecular weight is 479 g/mol. The third kappa shape index (κ3) is 4.96. The van der Waals surface area contributed by atoms with Crippen molar-refractivity contribution in [2.75, 3.05) is 36.3 Å². The predicted molar refractivity (Wildman–Crippen MR) is 136 cm³/mol. The Bertz CT molecular complexity index is 785. The van der Waals surface area contributed by atoms with E-state index in [1.807, 2.05) is 21.1 Å². The predicted octanol–water partition coefficient (Wildman–Crippen LogP) is 3.61. The van der Waals surface area contributed by atoms with Crippen LogP contribution in [0.1, 0.15) is 81.1 Å². The number of anilines is 3. The van der Waals surface area contributed by atoms with Gasteiger partial charge in [0.2, 0.25) is 17.8 Å². The Hall–Kier alpha value is -1.75. The first-order chi connectivity index (χ1) is 15.4. The molecule has 0 aromatic carbocycles. The standard InChI is InChI=1S/C24H46N8O2/c1-21(2)12-16(13-22(3,4)31(21)33)29(10)19-26-18(25-9)27-20(28-19)30(11)17-14-23(5,6)32(34)24(7,8)15-17/h16-17,33-34H,12-15H2,1-11H3,(H,25,26,27,28).